The fraction of sp³-hybridized carbons (Fsp3) is 1.00. The first kappa shape index (κ1) is 10.0. The molecule has 0 bridgehead atoms. The van der Waals surface area contributed by atoms with E-state index in [9.17, 15) is 0 Å². The van der Waals surface area contributed by atoms with E-state index in [4.69, 9.17) is 0 Å². The van der Waals surface area contributed by atoms with Gasteiger partial charge in [0.1, 0.15) is 0 Å². The third-order valence-corrected chi connectivity index (χ3v) is 2.51. The molecule has 1 aliphatic rings. The molecule has 1 aliphatic heterocycles. The lowest BCUT2D eigenvalue weighted by atomic mass is 10.0. The zero-order valence-electron chi connectivity index (χ0n) is 8.40. The molecule has 0 spiro atoms. The summed E-state index contributed by atoms with van der Waals surface area (Å²) in [4.78, 5) is 0. The summed E-state index contributed by atoms with van der Waals surface area (Å²) >= 11 is 0. The topological polar surface area (TPSA) is 24.1 Å². The van der Waals surface area contributed by atoms with E-state index in [0.717, 1.165) is 5.92 Å². The molecule has 2 N–H and O–H groups in total. The second-order valence-electron chi connectivity index (χ2n) is 4.11. The number of nitrogens with one attached hydrogen (secondary N) is 2. The Labute approximate surface area is 76.1 Å². The summed E-state index contributed by atoms with van der Waals surface area (Å²) in [5.41, 5.74) is 0. The third kappa shape index (κ3) is 4.07. The molecule has 0 aromatic rings. The second kappa shape index (κ2) is 5.55. The normalized spacial score (nSPS) is 25.8. The highest BCUT2D eigenvalue weighted by atomic mass is 14.9. The summed E-state index contributed by atoms with van der Waals surface area (Å²) in [5, 5.41) is 6.95. The molecule has 1 unspecified atom stereocenters. The van der Waals surface area contributed by atoms with E-state index < -0.39 is 0 Å². The van der Waals surface area contributed by atoms with Crippen LogP contribution in [-0.2, 0) is 0 Å². The molecule has 1 saturated heterocycles. The van der Waals surface area contributed by atoms with E-state index >= 15 is 0 Å². The van der Waals surface area contributed by atoms with Crippen LogP contribution in [0.4, 0.5) is 0 Å². The summed E-state index contributed by atoms with van der Waals surface area (Å²) in [7, 11) is 0. The first-order valence-electron chi connectivity index (χ1n) is 5.23. The van der Waals surface area contributed by atoms with Crippen molar-refractivity contribution >= 4 is 0 Å². The quantitative estimate of drug-likeness (QED) is 0.668. The molecule has 72 valence electrons. The Kier molecular flexibility index (Phi) is 4.62. The van der Waals surface area contributed by atoms with Crippen LogP contribution in [-0.4, -0.2) is 25.7 Å². The monoisotopic (exact) mass is 170 g/mol. The molecule has 0 saturated carbocycles. The Bertz CT molecular complexity index is 104. The summed E-state index contributed by atoms with van der Waals surface area (Å²) in [6.07, 6.45) is 4.09. The lowest BCUT2D eigenvalue weighted by molar-refractivity contribution is 0.415. The summed E-state index contributed by atoms with van der Waals surface area (Å²) < 4.78 is 0. The van der Waals surface area contributed by atoms with Gasteiger partial charge in [-0.05, 0) is 44.8 Å². The van der Waals surface area contributed by atoms with Gasteiger partial charge in [-0.25, -0.2) is 0 Å². The Morgan fingerprint density at radius 1 is 1.33 bits per heavy atom. The van der Waals surface area contributed by atoms with Gasteiger partial charge in [-0.15, -0.1) is 0 Å². The summed E-state index contributed by atoms with van der Waals surface area (Å²) in [6, 6.07) is 0.640. The van der Waals surface area contributed by atoms with Gasteiger partial charge in [-0.2, -0.15) is 0 Å². The first-order chi connectivity index (χ1) is 5.79. The maximum Gasteiger partial charge on any atom is 0.00104 e. The molecule has 0 amide bonds. The van der Waals surface area contributed by atoms with Gasteiger partial charge in [-0.1, -0.05) is 13.8 Å². The van der Waals surface area contributed by atoms with Crippen molar-refractivity contribution in [3.8, 4) is 0 Å². The lowest BCUT2D eigenvalue weighted by Crippen LogP contribution is -2.29. The summed E-state index contributed by atoms with van der Waals surface area (Å²) in [5.74, 6) is 0.905. The molecule has 0 aromatic heterocycles. The van der Waals surface area contributed by atoms with E-state index in [1.165, 1.54) is 38.9 Å². The van der Waals surface area contributed by atoms with Gasteiger partial charge < -0.3 is 10.6 Å². The van der Waals surface area contributed by atoms with Crippen LogP contribution in [0.25, 0.3) is 0 Å². The van der Waals surface area contributed by atoms with E-state index in [0.29, 0.717) is 6.04 Å². The largest absolute Gasteiger partial charge is 0.317 e. The predicted octanol–water partition coefficient (Wildman–Crippen LogP) is 1.37. The van der Waals surface area contributed by atoms with Crippen LogP contribution in [0.15, 0.2) is 0 Å². The van der Waals surface area contributed by atoms with Crippen molar-refractivity contribution in [2.24, 2.45) is 5.92 Å². The molecule has 0 aromatic carbocycles. The molecule has 1 atom stereocenters. The molecular weight excluding hydrogens is 148 g/mol. The van der Waals surface area contributed by atoms with Crippen molar-refractivity contribution in [2.75, 3.05) is 19.6 Å². The zero-order chi connectivity index (χ0) is 8.81. The zero-order valence-corrected chi connectivity index (χ0v) is 8.40. The van der Waals surface area contributed by atoms with Crippen LogP contribution in [0.2, 0.25) is 0 Å². The number of hydrogen-bond acceptors (Lipinski definition) is 2. The van der Waals surface area contributed by atoms with Gasteiger partial charge in [0, 0.05) is 6.04 Å². The Balaban J connectivity index is 2.12. The van der Waals surface area contributed by atoms with Gasteiger partial charge >= 0.3 is 0 Å². The highest BCUT2D eigenvalue weighted by Gasteiger charge is 2.11. The average molecular weight is 170 g/mol. The Morgan fingerprint density at radius 3 is 2.92 bits per heavy atom. The van der Waals surface area contributed by atoms with Gasteiger partial charge in [-0.3, -0.25) is 0 Å². The minimum atomic E-state index is 0.640. The number of hydrogen-bond donors (Lipinski definition) is 2. The van der Waals surface area contributed by atoms with Crippen molar-refractivity contribution in [1.82, 2.24) is 10.6 Å². The lowest BCUT2D eigenvalue weighted by Gasteiger charge is -2.16. The Hall–Kier alpha value is -0.0800. The fourth-order valence-corrected chi connectivity index (χ4v) is 1.70. The molecule has 0 radical (unpaired) electrons. The molecule has 2 heteroatoms. The maximum atomic E-state index is 3.52. The van der Waals surface area contributed by atoms with Crippen LogP contribution in [0.5, 0.6) is 0 Å². The molecular formula is C10H22N2. The molecule has 1 fully saturated rings. The van der Waals surface area contributed by atoms with Gasteiger partial charge in [0.25, 0.3) is 0 Å². The van der Waals surface area contributed by atoms with Gasteiger partial charge in [0.2, 0.25) is 0 Å². The molecule has 1 heterocycles. The van der Waals surface area contributed by atoms with Crippen LogP contribution in [0, 0.1) is 5.92 Å². The second-order valence-corrected chi connectivity index (χ2v) is 4.11. The standard InChI is InChI=1S/C10H22N2/c1-9(2)12-8-10-4-3-6-11-7-5-10/h9-12H,3-8H2,1-2H3. The molecule has 0 aliphatic carbocycles. The van der Waals surface area contributed by atoms with Gasteiger partial charge in [0.15, 0.2) is 0 Å². The van der Waals surface area contributed by atoms with Gasteiger partial charge in [0.05, 0.1) is 0 Å². The maximum absolute atomic E-state index is 3.52. The number of rotatable bonds is 3. The smallest absolute Gasteiger partial charge is 0.00104 e. The Morgan fingerprint density at radius 2 is 2.17 bits per heavy atom. The third-order valence-electron chi connectivity index (χ3n) is 2.51. The van der Waals surface area contributed by atoms with Crippen LogP contribution in [0.1, 0.15) is 33.1 Å². The summed E-state index contributed by atoms with van der Waals surface area (Å²) in [6.45, 7) is 8.08. The van der Waals surface area contributed by atoms with Crippen molar-refractivity contribution in [3.63, 3.8) is 0 Å². The fourth-order valence-electron chi connectivity index (χ4n) is 1.70. The van der Waals surface area contributed by atoms with Crippen LogP contribution < -0.4 is 10.6 Å². The van der Waals surface area contributed by atoms with Crippen LogP contribution >= 0.6 is 0 Å². The van der Waals surface area contributed by atoms with Crippen molar-refractivity contribution in [3.05, 3.63) is 0 Å². The van der Waals surface area contributed by atoms with E-state index in [1.54, 1.807) is 0 Å². The highest BCUT2D eigenvalue weighted by Crippen LogP contribution is 2.12. The molecule has 2 nitrogen and oxygen atoms in total. The minimum Gasteiger partial charge on any atom is -0.317 e. The van der Waals surface area contributed by atoms with E-state index in [1.807, 2.05) is 0 Å². The minimum absolute atomic E-state index is 0.640. The first-order valence-corrected chi connectivity index (χ1v) is 5.23. The average Bonchev–Trinajstić information content (AvgIpc) is 2.28. The predicted molar refractivity (Wildman–Crippen MR) is 53.3 cm³/mol. The highest BCUT2D eigenvalue weighted by molar-refractivity contribution is 4.69. The van der Waals surface area contributed by atoms with Crippen LogP contribution in [0.3, 0.4) is 0 Å². The van der Waals surface area contributed by atoms with E-state index in [-0.39, 0.29) is 0 Å². The van der Waals surface area contributed by atoms with Crippen molar-refractivity contribution in [2.45, 2.75) is 39.2 Å². The SMILES string of the molecule is CC(C)NCC1CCCNCC1. The van der Waals surface area contributed by atoms with Crippen molar-refractivity contribution in [1.29, 1.82) is 0 Å². The van der Waals surface area contributed by atoms with Crippen molar-refractivity contribution < 1.29 is 0 Å². The molecule has 12 heavy (non-hydrogen) atoms. The van der Waals surface area contributed by atoms with E-state index in [2.05, 4.69) is 24.5 Å². The molecule has 1 rings (SSSR count).